The normalized spacial score (nSPS) is 33.0. The minimum Gasteiger partial charge on any atom is -0.496 e. The Hall–Kier alpha value is -4.83. The van der Waals surface area contributed by atoms with E-state index in [1.807, 2.05) is 34.9 Å². The SMILES string of the molecule is CC[C@]12C=CCN3CC[C@@]4(c5cc([C@@]6(C(=O)OC)C[C@@H]7C[C@@H](C(C)(F)F)C[N@](CCc8c6[nH]c6ccc(N(S(C)(=O)=O)S(C)(=O)=O)cc86)C7)c(OC)cc5N(C)[C@H]4[C@@](O)(C(=O)OC)[C@@H]1OC(C)=O)[C@@H]32. The summed E-state index contributed by atoms with van der Waals surface area (Å²) in [7, 11) is -3.14. The van der Waals surface area contributed by atoms with Gasteiger partial charge in [0.2, 0.25) is 31.6 Å². The molecule has 9 rings (SSSR count). The largest absolute Gasteiger partial charge is 0.496 e. The van der Waals surface area contributed by atoms with Crippen molar-refractivity contribution in [3.63, 3.8) is 0 Å². The molecule has 21 heteroatoms. The molecule has 1 saturated carbocycles. The summed E-state index contributed by atoms with van der Waals surface area (Å²) in [5, 5.41) is 13.8. The Bertz CT molecular complexity index is 2880. The number of ether oxygens (including phenoxy) is 4. The molecule has 6 aliphatic rings. The third-order valence-corrected chi connectivity index (χ3v) is 19.7. The summed E-state index contributed by atoms with van der Waals surface area (Å²) < 4.78 is 108. The number of piperidine rings is 1. The third-order valence-electron chi connectivity index (χ3n) is 16.5. The molecule has 3 aromatic rings. The summed E-state index contributed by atoms with van der Waals surface area (Å²) in [6.07, 6.45) is 5.00. The summed E-state index contributed by atoms with van der Waals surface area (Å²) in [6.45, 7) is 5.79. The van der Waals surface area contributed by atoms with E-state index in [1.54, 1.807) is 19.2 Å². The molecule has 5 aliphatic heterocycles. The number of methoxy groups -OCH3 is 3. The molecule has 3 fully saturated rings. The van der Waals surface area contributed by atoms with Crippen LogP contribution in [-0.4, -0.2) is 158 Å². The van der Waals surface area contributed by atoms with Gasteiger partial charge < -0.3 is 38.8 Å². The van der Waals surface area contributed by atoms with Gasteiger partial charge >= 0.3 is 17.9 Å². The molecule has 0 radical (unpaired) electrons. The van der Waals surface area contributed by atoms with Gasteiger partial charge in [0.25, 0.3) is 0 Å². The van der Waals surface area contributed by atoms with Crippen molar-refractivity contribution in [1.82, 2.24) is 14.8 Å². The van der Waals surface area contributed by atoms with Crippen molar-refractivity contribution in [1.29, 1.82) is 0 Å². The van der Waals surface area contributed by atoms with Crippen LogP contribution in [0.5, 0.6) is 5.75 Å². The van der Waals surface area contributed by atoms with Crippen LogP contribution < -0.4 is 13.3 Å². The van der Waals surface area contributed by atoms with E-state index in [4.69, 9.17) is 18.9 Å². The number of hydrogen-bond acceptors (Lipinski definition) is 15. The number of carbonyl (C=O) groups is 3. The fourth-order valence-electron chi connectivity index (χ4n) is 14.2. The van der Waals surface area contributed by atoms with Gasteiger partial charge in [-0.05, 0) is 86.9 Å². The number of nitrogens with one attached hydrogen (secondary N) is 1. The van der Waals surface area contributed by atoms with Gasteiger partial charge in [0.05, 0.1) is 45.6 Å². The van der Waals surface area contributed by atoms with Gasteiger partial charge in [-0.3, -0.25) is 14.5 Å². The average Bonchev–Trinajstić information content (AvgIpc) is 3.93. The number of likely N-dealkylation sites (N-methyl/N-ethyl adjacent to an activating group) is 1. The number of alkyl halides is 2. The minimum absolute atomic E-state index is 0.0597. The highest BCUT2D eigenvalue weighted by molar-refractivity contribution is 8.09. The molecule has 2 saturated heterocycles. The topological polar surface area (TPSA) is 205 Å². The Labute approximate surface area is 401 Å². The van der Waals surface area contributed by atoms with E-state index in [1.165, 1.54) is 40.4 Å². The number of nitrogens with zero attached hydrogens (tertiary/aromatic N) is 4. The Morgan fingerprint density at radius 1 is 0.971 bits per heavy atom. The predicted molar refractivity (Wildman–Crippen MR) is 251 cm³/mol. The lowest BCUT2D eigenvalue weighted by Crippen LogP contribution is -2.81. The molecule has 1 aliphatic carbocycles. The van der Waals surface area contributed by atoms with E-state index in [9.17, 15) is 31.5 Å². The third kappa shape index (κ3) is 6.97. The van der Waals surface area contributed by atoms with Crippen molar-refractivity contribution in [3.8, 4) is 5.75 Å². The molecule has 69 heavy (non-hydrogen) atoms. The van der Waals surface area contributed by atoms with Gasteiger partial charge in [-0.25, -0.2) is 30.4 Å². The van der Waals surface area contributed by atoms with Gasteiger partial charge in [0.15, 0.2) is 6.10 Å². The van der Waals surface area contributed by atoms with Crippen LogP contribution in [0.4, 0.5) is 20.2 Å². The van der Waals surface area contributed by atoms with Gasteiger partial charge in [-0.15, -0.1) is 0 Å². The molecule has 0 amide bonds. The number of esters is 3. The number of aromatic amines is 1. The van der Waals surface area contributed by atoms with E-state index in [2.05, 4.69) is 9.88 Å². The maximum Gasteiger partial charge on any atom is 0.344 e. The fraction of sp³-hybridized carbons (Fsp3) is 0.604. The van der Waals surface area contributed by atoms with Crippen LogP contribution in [0.3, 0.4) is 0 Å². The maximum absolute atomic E-state index is 15.6. The molecule has 10 atom stereocenters. The first-order valence-corrected chi connectivity index (χ1v) is 26.9. The summed E-state index contributed by atoms with van der Waals surface area (Å²) in [5.74, 6) is -6.91. The van der Waals surface area contributed by atoms with Crippen molar-refractivity contribution < 1.29 is 64.1 Å². The molecule has 2 N–H and O–H groups in total. The number of aromatic nitrogens is 1. The zero-order valence-electron chi connectivity index (χ0n) is 40.3. The number of rotatable bonds is 10. The second-order valence-electron chi connectivity index (χ2n) is 20.2. The summed E-state index contributed by atoms with van der Waals surface area (Å²) >= 11 is 0. The van der Waals surface area contributed by atoms with E-state index in [0.29, 0.717) is 75.2 Å². The Morgan fingerprint density at radius 2 is 1.67 bits per heavy atom. The van der Waals surface area contributed by atoms with Crippen LogP contribution in [-0.2, 0) is 65.9 Å². The number of anilines is 2. The van der Waals surface area contributed by atoms with Crippen LogP contribution in [0.1, 0.15) is 68.8 Å². The minimum atomic E-state index is -4.37. The quantitative estimate of drug-likeness (QED) is 0.168. The average molecular weight is 1000 g/mol. The Kier molecular flexibility index (Phi) is 11.7. The highest BCUT2D eigenvalue weighted by Gasteiger charge is 2.80. The van der Waals surface area contributed by atoms with Crippen LogP contribution in [0.15, 0.2) is 42.5 Å². The zero-order chi connectivity index (χ0) is 50.2. The highest BCUT2D eigenvalue weighted by atomic mass is 32.3. The van der Waals surface area contributed by atoms with E-state index < -0.39 is 95.7 Å². The summed E-state index contributed by atoms with van der Waals surface area (Å²) in [5.41, 5.74) is -3.91. The van der Waals surface area contributed by atoms with Crippen molar-refractivity contribution in [2.75, 3.05) is 82.2 Å². The van der Waals surface area contributed by atoms with Crippen LogP contribution in [0.25, 0.3) is 10.9 Å². The number of hydrogen-bond donors (Lipinski definition) is 2. The van der Waals surface area contributed by atoms with Crippen molar-refractivity contribution in [3.05, 3.63) is 64.9 Å². The second-order valence-corrected chi connectivity index (χ2v) is 24.1. The van der Waals surface area contributed by atoms with Gasteiger partial charge in [-0.1, -0.05) is 19.1 Å². The van der Waals surface area contributed by atoms with Gasteiger partial charge in [-0.2, -0.15) is 3.71 Å². The molecular formula is C48H61F2N5O12S2. The number of halogens is 2. The molecule has 0 unspecified atom stereocenters. The highest BCUT2D eigenvalue weighted by Crippen LogP contribution is 2.68. The number of fused-ring (bicyclic) bond motifs is 6. The lowest BCUT2D eigenvalue weighted by Gasteiger charge is -2.63. The van der Waals surface area contributed by atoms with Crippen LogP contribution in [0, 0.1) is 17.3 Å². The smallest absolute Gasteiger partial charge is 0.344 e. The van der Waals surface area contributed by atoms with Crippen molar-refractivity contribution >= 4 is 60.2 Å². The molecule has 1 aromatic heterocycles. The lowest BCUT2D eigenvalue weighted by molar-refractivity contribution is -0.228. The van der Waals surface area contributed by atoms with Gasteiger partial charge in [0, 0.05) is 96.9 Å². The van der Waals surface area contributed by atoms with Crippen molar-refractivity contribution in [2.24, 2.45) is 17.3 Å². The number of sulfonamides is 2. The molecular weight excluding hydrogens is 941 g/mol. The van der Waals surface area contributed by atoms with Crippen LogP contribution in [0.2, 0.25) is 0 Å². The summed E-state index contributed by atoms with van der Waals surface area (Å²) in [6, 6.07) is 6.42. The van der Waals surface area contributed by atoms with Crippen LogP contribution >= 0.6 is 0 Å². The standard InChI is InChI=1S/C48H61F2N5O12S2/c1-10-45-15-11-17-54-19-16-46(39(45)54)33-22-34(37(64-5)23-36(33)52(4)40(46)48(59,43(58)66-7)41(45)67-27(2)56)47(42(57)65-6)24-28-20-29(44(3,49)50)26-53(25-28)18-14-31-32-21-30(12-13-35(32)51-38(31)47)55(68(8,60)61)69(9,62)63/h11-13,15,21-23,28-29,39-41,51,59H,10,14,16-20,24-26H2,1-9H3/t28-,29+,39-,40+,41+,45+,46+,47-,48-/m0/s1. The van der Waals surface area contributed by atoms with Crippen molar-refractivity contribution in [2.45, 2.75) is 93.4 Å². The molecule has 17 nitrogen and oxygen atoms in total. The Morgan fingerprint density at radius 3 is 2.28 bits per heavy atom. The monoisotopic (exact) mass is 1000 g/mol. The first-order valence-electron chi connectivity index (χ1n) is 23.2. The predicted octanol–water partition coefficient (Wildman–Crippen LogP) is 3.85. The molecule has 6 heterocycles. The van der Waals surface area contributed by atoms with E-state index in [-0.39, 0.29) is 43.8 Å². The molecule has 1 spiro atoms. The zero-order valence-corrected chi connectivity index (χ0v) is 41.9. The number of aliphatic hydroxyl groups is 1. The summed E-state index contributed by atoms with van der Waals surface area (Å²) in [4.78, 5) is 52.7. The van der Waals surface area contributed by atoms with Gasteiger partial charge in [0.1, 0.15) is 11.2 Å². The Balaban J connectivity index is 1.38. The van der Waals surface area contributed by atoms with E-state index >= 15 is 13.6 Å². The number of benzene rings is 2. The molecule has 376 valence electrons. The molecule has 2 bridgehead atoms. The first kappa shape index (κ1) is 49.2. The fourth-order valence-corrected chi connectivity index (χ4v) is 17.2. The maximum atomic E-state index is 15.6. The second kappa shape index (κ2) is 16.4. The number of H-pyrrole nitrogens is 1. The molecule has 2 aromatic carbocycles. The van der Waals surface area contributed by atoms with E-state index in [0.717, 1.165) is 19.4 Å². The first-order chi connectivity index (χ1) is 32.3. The lowest BCUT2D eigenvalue weighted by atomic mass is 9.47. The number of carbonyl (C=O) groups excluding carboxylic acids is 3.